The van der Waals surface area contributed by atoms with Crippen LogP contribution in [0, 0.1) is 5.92 Å². The third kappa shape index (κ3) is 2.99. The minimum Gasteiger partial charge on any atom is -0.508 e. The number of rotatable bonds is 4. The second-order valence-corrected chi connectivity index (χ2v) is 7.85. The Balaban J connectivity index is 1.92. The van der Waals surface area contributed by atoms with Gasteiger partial charge in [0.05, 0.1) is 5.57 Å². The van der Waals surface area contributed by atoms with Crippen molar-refractivity contribution in [1.29, 1.82) is 0 Å². The summed E-state index contributed by atoms with van der Waals surface area (Å²) in [7, 11) is 1.58. The molecule has 2 bridgehead atoms. The van der Waals surface area contributed by atoms with Crippen molar-refractivity contribution < 1.29 is 14.6 Å². The van der Waals surface area contributed by atoms with Crippen LogP contribution in [0.4, 0.5) is 0 Å². The number of methoxy groups -OCH3 is 1. The molecule has 3 aliphatic carbocycles. The van der Waals surface area contributed by atoms with Crippen molar-refractivity contribution in [3.05, 3.63) is 76.5 Å². The Bertz CT molecular complexity index is 987. The number of aliphatic hydroxyl groups is 1. The fourth-order valence-corrected chi connectivity index (χ4v) is 4.34. The van der Waals surface area contributed by atoms with Gasteiger partial charge in [-0.05, 0) is 65.8 Å². The first-order valence-electron chi connectivity index (χ1n) is 9.60. The van der Waals surface area contributed by atoms with Crippen LogP contribution in [0.5, 0.6) is 0 Å². The van der Waals surface area contributed by atoms with E-state index in [-0.39, 0.29) is 17.5 Å². The number of halogens is 1. The van der Waals surface area contributed by atoms with Gasteiger partial charge in [-0.2, -0.15) is 0 Å². The molecule has 0 heterocycles. The molecule has 28 heavy (non-hydrogen) atoms. The molecule has 1 N–H and O–H groups in total. The minimum absolute atomic E-state index is 0.0270. The number of ether oxygens (including phenoxy) is 1. The van der Waals surface area contributed by atoms with Crippen LogP contribution in [0.15, 0.2) is 60.4 Å². The predicted octanol–water partition coefficient (Wildman–Crippen LogP) is 5.77. The quantitative estimate of drug-likeness (QED) is 0.669. The molecular weight excluding hydrogens is 372 g/mol. The molecule has 0 saturated carbocycles. The van der Waals surface area contributed by atoms with E-state index in [1.807, 2.05) is 54.6 Å². The molecule has 0 radical (unpaired) electrons. The largest absolute Gasteiger partial charge is 0.508 e. The van der Waals surface area contributed by atoms with Crippen LogP contribution in [0.1, 0.15) is 30.9 Å². The van der Waals surface area contributed by atoms with Gasteiger partial charge in [0.2, 0.25) is 0 Å². The fraction of sp³-hybridized carbons (Fsp3) is 0.292. The van der Waals surface area contributed by atoms with Crippen LogP contribution in [0.2, 0.25) is 5.02 Å². The van der Waals surface area contributed by atoms with Gasteiger partial charge in [0.25, 0.3) is 0 Å². The first kappa shape index (κ1) is 19.0. The van der Waals surface area contributed by atoms with Crippen molar-refractivity contribution in [2.45, 2.75) is 31.8 Å². The molecule has 0 aliphatic heterocycles. The Labute approximate surface area is 170 Å². The van der Waals surface area contributed by atoms with Crippen molar-refractivity contribution in [3.8, 4) is 11.1 Å². The highest BCUT2D eigenvalue weighted by Crippen LogP contribution is 2.44. The molecule has 144 valence electrons. The molecule has 4 heteroatoms. The monoisotopic (exact) mass is 394 g/mol. The van der Waals surface area contributed by atoms with E-state index in [0.29, 0.717) is 23.4 Å². The van der Waals surface area contributed by atoms with Crippen LogP contribution in [0.3, 0.4) is 0 Å². The fourth-order valence-electron chi connectivity index (χ4n) is 4.22. The standard InChI is InChI=1S/C24H23ClO3/c1-3-15-4-5-18(16-6-8-19(25)9-7-16)14-20(15)21-22(26)17-10-12-24(28-2,13-11-17)23(21)27/h4-10,12,14,17,27H,3,11,13H2,1-2H3. The second-order valence-electron chi connectivity index (χ2n) is 7.42. The minimum atomic E-state index is -0.917. The maximum absolute atomic E-state index is 13.3. The van der Waals surface area contributed by atoms with Gasteiger partial charge < -0.3 is 9.84 Å². The van der Waals surface area contributed by atoms with Gasteiger partial charge in [-0.15, -0.1) is 0 Å². The van der Waals surface area contributed by atoms with Gasteiger partial charge >= 0.3 is 0 Å². The summed E-state index contributed by atoms with van der Waals surface area (Å²) in [5, 5.41) is 11.9. The number of carbonyl (C=O) groups is 1. The number of benzene rings is 2. The summed E-state index contributed by atoms with van der Waals surface area (Å²) in [6.45, 7) is 2.05. The summed E-state index contributed by atoms with van der Waals surface area (Å²) < 4.78 is 5.70. The Hall–Kier alpha value is -2.36. The van der Waals surface area contributed by atoms with E-state index < -0.39 is 5.60 Å². The van der Waals surface area contributed by atoms with Crippen molar-refractivity contribution in [2.75, 3.05) is 7.11 Å². The molecule has 3 aliphatic rings. The van der Waals surface area contributed by atoms with E-state index in [1.54, 1.807) is 7.11 Å². The maximum Gasteiger partial charge on any atom is 0.173 e. The topological polar surface area (TPSA) is 46.5 Å². The lowest BCUT2D eigenvalue weighted by Gasteiger charge is -2.30. The summed E-state index contributed by atoms with van der Waals surface area (Å²) in [6.07, 6.45) is 5.76. The number of Topliss-reactive ketones (excluding diaryl/α,β-unsaturated/α-hetero) is 1. The maximum atomic E-state index is 13.3. The average molecular weight is 395 g/mol. The lowest BCUT2D eigenvalue weighted by Crippen LogP contribution is -2.33. The zero-order chi connectivity index (χ0) is 19.9. The van der Waals surface area contributed by atoms with Crippen molar-refractivity contribution in [2.24, 2.45) is 5.92 Å². The van der Waals surface area contributed by atoms with Gasteiger partial charge in [-0.3, -0.25) is 4.79 Å². The van der Waals surface area contributed by atoms with Crippen LogP contribution in [-0.2, 0) is 16.0 Å². The molecule has 5 rings (SSSR count). The Kier molecular flexibility index (Phi) is 4.90. The molecule has 3 nitrogen and oxygen atoms in total. The van der Waals surface area contributed by atoms with Crippen molar-refractivity contribution in [1.82, 2.24) is 0 Å². The number of carbonyl (C=O) groups excluding carboxylic acids is 1. The third-order valence-corrected chi connectivity index (χ3v) is 6.20. The summed E-state index contributed by atoms with van der Waals surface area (Å²) in [5.41, 5.74) is 3.28. The molecule has 0 spiro atoms. The normalized spacial score (nSPS) is 24.0. The summed E-state index contributed by atoms with van der Waals surface area (Å²) in [4.78, 5) is 13.3. The van der Waals surface area contributed by atoms with E-state index in [9.17, 15) is 9.90 Å². The van der Waals surface area contributed by atoms with E-state index >= 15 is 0 Å². The van der Waals surface area contributed by atoms with E-state index in [4.69, 9.17) is 16.3 Å². The summed E-state index contributed by atoms with van der Waals surface area (Å²) >= 11 is 6.02. The van der Waals surface area contributed by atoms with Crippen molar-refractivity contribution >= 4 is 23.0 Å². The average Bonchev–Trinajstić information content (AvgIpc) is 2.90. The molecule has 0 aromatic heterocycles. The number of aryl methyl sites for hydroxylation is 1. The highest BCUT2D eigenvalue weighted by atomic mass is 35.5. The highest BCUT2D eigenvalue weighted by molar-refractivity contribution is 6.30. The van der Waals surface area contributed by atoms with Gasteiger partial charge in [-0.25, -0.2) is 0 Å². The smallest absolute Gasteiger partial charge is 0.173 e. The lowest BCUT2D eigenvalue weighted by atomic mass is 9.86. The number of fused-ring (bicyclic) bond motifs is 2. The third-order valence-electron chi connectivity index (χ3n) is 5.95. The lowest BCUT2D eigenvalue weighted by molar-refractivity contribution is -0.116. The van der Waals surface area contributed by atoms with E-state index in [0.717, 1.165) is 28.7 Å². The first-order chi connectivity index (χ1) is 13.5. The number of hydrogen-bond donors (Lipinski definition) is 1. The highest BCUT2D eigenvalue weighted by Gasteiger charge is 2.45. The number of hydrogen-bond acceptors (Lipinski definition) is 3. The molecule has 2 unspecified atom stereocenters. The Morgan fingerprint density at radius 2 is 1.89 bits per heavy atom. The summed E-state index contributed by atoms with van der Waals surface area (Å²) in [6, 6.07) is 13.7. The van der Waals surface area contributed by atoms with E-state index in [1.165, 1.54) is 0 Å². The van der Waals surface area contributed by atoms with Gasteiger partial charge in [-0.1, -0.05) is 48.9 Å². The zero-order valence-electron chi connectivity index (χ0n) is 16.0. The molecular formula is C24H23ClO3. The molecule has 2 atom stereocenters. The second kappa shape index (κ2) is 7.23. The van der Waals surface area contributed by atoms with Crippen LogP contribution >= 0.6 is 11.6 Å². The number of aliphatic hydroxyl groups excluding tert-OH is 1. The Morgan fingerprint density at radius 1 is 1.18 bits per heavy atom. The first-order valence-corrected chi connectivity index (χ1v) is 9.98. The van der Waals surface area contributed by atoms with Crippen LogP contribution in [0.25, 0.3) is 16.7 Å². The molecule has 0 amide bonds. The van der Waals surface area contributed by atoms with E-state index in [2.05, 4.69) is 6.92 Å². The molecule has 0 fully saturated rings. The molecule has 0 saturated heterocycles. The van der Waals surface area contributed by atoms with Crippen LogP contribution in [-0.4, -0.2) is 23.6 Å². The zero-order valence-corrected chi connectivity index (χ0v) is 16.8. The summed E-state index contributed by atoms with van der Waals surface area (Å²) in [5.74, 6) is -0.223. The predicted molar refractivity (Wildman–Crippen MR) is 112 cm³/mol. The number of ketones is 1. The molecule has 2 aromatic rings. The van der Waals surface area contributed by atoms with Gasteiger partial charge in [0.1, 0.15) is 11.4 Å². The molecule has 2 aromatic carbocycles. The Morgan fingerprint density at radius 3 is 2.50 bits per heavy atom. The number of allylic oxidation sites excluding steroid dienone is 2. The van der Waals surface area contributed by atoms with Gasteiger partial charge in [0, 0.05) is 18.1 Å². The van der Waals surface area contributed by atoms with Gasteiger partial charge in [0.15, 0.2) is 5.78 Å². The van der Waals surface area contributed by atoms with Crippen molar-refractivity contribution in [3.63, 3.8) is 0 Å². The van der Waals surface area contributed by atoms with Crippen LogP contribution < -0.4 is 0 Å². The SMILES string of the molecule is CCc1ccc(-c2ccc(Cl)cc2)cc1C1=C(O)C2(OC)C=CC(CC2)C1=O.